The zero-order valence-electron chi connectivity index (χ0n) is 12.2. The topological polar surface area (TPSA) is 121 Å². The SMILES string of the molecule is COc1ncnc2sc(NC(=O)N3CCN(C(=O)O)CC3)nc12. The molecule has 0 unspecified atom stereocenters. The van der Waals surface area contributed by atoms with Gasteiger partial charge in [-0.05, 0) is 0 Å². The van der Waals surface area contributed by atoms with Crippen LogP contribution in [0.2, 0.25) is 0 Å². The second kappa shape index (κ2) is 6.20. The van der Waals surface area contributed by atoms with E-state index in [4.69, 9.17) is 9.84 Å². The standard InChI is InChI=1S/C12H14N6O4S/c1-22-8-7-9(14-6-13-8)23-10(15-7)16-11(19)17-2-4-18(5-3-17)12(20)21/h6H,2-5H2,1H3,(H,20,21)(H,15,16,19). The summed E-state index contributed by atoms with van der Waals surface area (Å²) < 4.78 is 5.11. The number of thiazole rings is 1. The number of rotatable bonds is 2. The molecule has 0 aliphatic carbocycles. The van der Waals surface area contributed by atoms with Crippen molar-refractivity contribution in [3.05, 3.63) is 6.33 Å². The number of hydrogen-bond acceptors (Lipinski definition) is 7. The molecule has 1 aliphatic rings. The van der Waals surface area contributed by atoms with Crippen molar-refractivity contribution in [1.82, 2.24) is 24.8 Å². The number of aromatic nitrogens is 3. The fourth-order valence-electron chi connectivity index (χ4n) is 2.21. The molecule has 3 amide bonds. The quantitative estimate of drug-likeness (QED) is 0.835. The Bertz CT molecular complexity index is 742. The van der Waals surface area contributed by atoms with Crippen LogP contribution in [-0.2, 0) is 0 Å². The molecule has 10 nitrogen and oxygen atoms in total. The highest BCUT2D eigenvalue weighted by Gasteiger charge is 2.24. The van der Waals surface area contributed by atoms with Gasteiger partial charge in [-0.25, -0.2) is 19.6 Å². The van der Waals surface area contributed by atoms with Gasteiger partial charge < -0.3 is 19.6 Å². The Morgan fingerprint density at radius 3 is 2.61 bits per heavy atom. The van der Waals surface area contributed by atoms with Crippen LogP contribution in [0.25, 0.3) is 10.3 Å². The Morgan fingerprint density at radius 1 is 1.26 bits per heavy atom. The van der Waals surface area contributed by atoms with Crippen molar-refractivity contribution in [3.63, 3.8) is 0 Å². The maximum atomic E-state index is 12.2. The molecular weight excluding hydrogens is 324 g/mol. The minimum atomic E-state index is -0.970. The molecule has 11 heteroatoms. The van der Waals surface area contributed by atoms with Gasteiger partial charge in [0.2, 0.25) is 5.88 Å². The predicted molar refractivity (Wildman–Crippen MR) is 82.0 cm³/mol. The Labute approximate surface area is 134 Å². The molecule has 1 aliphatic heterocycles. The number of carbonyl (C=O) groups is 2. The Balaban J connectivity index is 1.68. The van der Waals surface area contributed by atoms with E-state index in [1.807, 2.05) is 0 Å². The minimum Gasteiger partial charge on any atom is -0.479 e. The number of carbonyl (C=O) groups excluding carboxylic acids is 1. The summed E-state index contributed by atoms with van der Waals surface area (Å²) in [6.07, 6.45) is 0.401. The summed E-state index contributed by atoms with van der Waals surface area (Å²) in [4.78, 5) is 38.8. The van der Waals surface area contributed by atoms with Crippen LogP contribution in [0.15, 0.2) is 6.33 Å². The molecular formula is C12H14N6O4S. The summed E-state index contributed by atoms with van der Waals surface area (Å²) in [6, 6.07) is -0.318. The maximum absolute atomic E-state index is 12.2. The highest BCUT2D eigenvalue weighted by atomic mass is 32.1. The lowest BCUT2D eigenvalue weighted by atomic mass is 10.3. The fraction of sp³-hybridized carbons (Fsp3) is 0.417. The zero-order valence-corrected chi connectivity index (χ0v) is 13.0. The highest BCUT2D eigenvalue weighted by Crippen LogP contribution is 2.28. The van der Waals surface area contributed by atoms with Gasteiger partial charge in [-0.2, -0.15) is 4.98 Å². The number of ether oxygens (including phenoxy) is 1. The Hall–Kier alpha value is -2.69. The smallest absolute Gasteiger partial charge is 0.407 e. The van der Waals surface area contributed by atoms with E-state index in [-0.39, 0.29) is 6.03 Å². The first kappa shape index (κ1) is 15.2. The number of urea groups is 1. The lowest BCUT2D eigenvalue weighted by molar-refractivity contribution is 0.115. The van der Waals surface area contributed by atoms with Gasteiger partial charge >= 0.3 is 12.1 Å². The normalized spacial score (nSPS) is 14.8. The molecule has 0 saturated carbocycles. The highest BCUT2D eigenvalue weighted by molar-refractivity contribution is 7.22. The van der Waals surface area contributed by atoms with E-state index in [2.05, 4.69) is 20.3 Å². The van der Waals surface area contributed by atoms with Crippen molar-refractivity contribution < 1.29 is 19.4 Å². The lowest BCUT2D eigenvalue weighted by Crippen LogP contribution is -2.51. The molecule has 1 saturated heterocycles. The molecule has 0 bridgehead atoms. The molecule has 0 atom stereocenters. The van der Waals surface area contributed by atoms with Crippen LogP contribution in [0.4, 0.5) is 14.7 Å². The van der Waals surface area contributed by atoms with Crippen LogP contribution < -0.4 is 10.1 Å². The number of piperazine rings is 1. The van der Waals surface area contributed by atoms with Crippen molar-refractivity contribution in [3.8, 4) is 5.88 Å². The third-order valence-corrected chi connectivity index (χ3v) is 4.29. The largest absolute Gasteiger partial charge is 0.479 e. The van der Waals surface area contributed by atoms with Gasteiger partial charge in [0.25, 0.3) is 0 Å². The van der Waals surface area contributed by atoms with Gasteiger partial charge in [-0.1, -0.05) is 11.3 Å². The molecule has 3 rings (SSSR count). The first-order chi connectivity index (χ1) is 11.1. The Morgan fingerprint density at radius 2 is 1.96 bits per heavy atom. The number of methoxy groups -OCH3 is 1. The fourth-order valence-corrected chi connectivity index (χ4v) is 3.00. The monoisotopic (exact) mass is 338 g/mol. The van der Waals surface area contributed by atoms with Crippen molar-refractivity contribution >= 4 is 38.9 Å². The van der Waals surface area contributed by atoms with E-state index in [9.17, 15) is 9.59 Å². The number of nitrogens with zero attached hydrogens (tertiary/aromatic N) is 5. The van der Waals surface area contributed by atoms with E-state index in [0.29, 0.717) is 47.5 Å². The van der Waals surface area contributed by atoms with Crippen molar-refractivity contribution in [2.45, 2.75) is 0 Å². The third kappa shape index (κ3) is 3.08. The second-order valence-electron chi connectivity index (χ2n) is 4.74. The van der Waals surface area contributed by atoms with Gasteiger partial charge in [0.1, 0.15) is 6.33 Å². The Kier molecular flexibility index (Phi) is 4.10. The second-order valence-corrected chi connectivity index (χ2v) is 5.72. The number of carboxylic acid groups (broad SMARTS) is 1. The van der Waals surface area contributed by atoms with Crippen LogP contribution in [-0.4, -0.2) is 75.3 Å². The van der Waals surface area contributed by atoms with E-state index in [1.165, 1.54) is 29.7 Å². The van der Waals surface area contributed by atoms with Gasteiger partial charge in [0.15, 0.2) is 15.5 Å². The number of fused-ring (bicyclic) bond motifs is 1. The summed E-state index contributed by atoms with van der Waals surface area (Å²) in [6.45, 7) is 1.27. The molecule has 1 fully saturated rings. The minimum absolute atomic E-state index is 0.294. The number of anilines is 1. The number of amides is 3. The van der Waals surface area contributed by atoms with Crippen molar-refractivity contribution in [2.24, 2.45) is 0 Å². The van der Waals surface area contributed by atoms with Crippen molar-refractivity contribution in [1.29, 1.82) is 0 Å². The number of nitrogens with one attached hydrogen (secondary N) is 1. The summed E-state index contributed by atoms with van der Waals surface area (Å²) in [5.74, 6) is 0.349. The van der Waals surface area contributed by atoms with Gasteiger partial charge in [-0.15, -0.1) is 0 Å². The van der Waals surface area contributed by atoms with Crippen LogP contribution in [0.5, 0.6) is 5.88 Å². The van der Waals surface area contributed by atoms with Crippen LogP contribution >= 0.6 is 11.3 Å². The van der Waals surface area contributed by atoms with Crippen LogP contribution in [0.3, 0.4) is 0 Å². The molecule has 3 heterocycles. The molecule has 23 heavy (non-hydrogen) atoms. The molecule has 2 aromatic rings. The van der Waals surface area contributed by atoms with Crippen LogP contribution in [0.1, 0.15) is 0 Å². The maximum Gasteiger partial charge on any atom is 0.407 e. The summed E-state index contributed by atoms with van der Waals surface area (Å²) in [7, 11) is 1.49. The molecule has 0 aromatic carbocycles. The molecule has 2 aromatic heterocycles. The number of hydrogen-bond donors (Lipinski definition) is 2. The first-order valence-corrected chi connectivity index (χ1v) is 7.59. The summed E-state index contributed by atoms with van der Waals surface area (Å²) >= 11 is 1.22. The third-order valence-electron chi connectivity index (χ3n) is 3.41. The molecule has 122 valence electrons. The van der Waals surface area contributed by atoms with Crippen LogP contribution in [0, 0.1) is 0 Å². The summed E-state index contributed by atoms with van der Waals surface area (Å²) in [5.41, 5.74) is 0.492. The molecule has 2 N–H and O–H groups in total. The summed E-state index contributed by atoms with van der Waals surface area (Å²) in [5, 5.41) is 12.0. The van der Waals surface area contributed by atoms with E-state index < -0.39 is 6.09 Å². The zero-order chi connectivity index (χ0) is 16.4. The lowest BCUT2D eigenvalue weighted by Gasteiger charge is -2.32. The van der Waals surface area contributed by atoms with Gasteiger partial charge in [-0.3, -0.25) is 5.32 Å². The van der Waals surface area contributed by atoms with E-state index in [0.717, 1.165) is 0 Å². The van der Waals surface area contributed by atoms with Gasteiger partial charge in [0, 0.05) is 26.2 Å². The predicted octanol–water partition coefficient (Wildman–Crippen LogP) is 0.922. The van der Waals surface area contributed by atoms with Crippen molar-refractivity contribution in [2.75, 3.05) is 38.6 Å². The average molecular weight is 338 g/mol. The molecule has 0 radical (unpaired) electrons. The first-order valence-electron chi connectivity index (χ1n) is 6.78. The van der Waals surface area contributed by atoms with E-state index >= 15 is 0 Å². The van der Waals surface area contributed by atoms with Gasteiger partial charge in [0.05, 0.1) is 7.11 Å². The average Bonchev–Trinajstić information content (AvgIpc) is 2.97. The molecule has 0 spiro atoms. The van der Waals surface area contributed by atoms with E-state index in [1.54, 1.807) is 4.90 Å².